The SMILES string of the molecule is Cc1ccc2nc([C@@H]3CCCN(C(=O)[C@H]4C[C@H]4c4ccco4)C3)[nH]c2c1. The lowest BCUT2D eigenvalue weighted by atomic mass is 9.97. The summed E-state index contributed by atoms with van der Waals surface area (Å²) in [6.07, 6.45) is 4.71. The van der Waals surface area contributed by atoms with E-state index in [1.807, 2.05) is 17.0 Å². The number of carbonyl (C=O) groups is 1. The van der Waals surface area contributed by atoms with Gasteiger partial charge in [-0.2, -0.15) is 0 Å². The summed E-state index contributed by atoms with van der Waals surface area (Å²) in [6, 6.07) is 10.2. The molecule has 5 nitrogen and oxygen atoms in total. The number of fused-ring (bicyclic) bond motifs is 1. The highest BCUT2D eigenvalue weighted by atomic mass is 16.3. The molecule has 0 bridgehead atoms. The van der Waals surface area contributed by atoms with Crippen molar-refractivity contribution in [2.45, 2.75) is 38.0 Å². The van der Waals surface area contributed by atoms with Gasteiger partial charge in [0.05, 0.1) is 17.3 Å². The minimum absolute atomic E-state index is 0.0956. The Morgan fingerprint density at radius 1 is 1.35 bits per heavy atom. The lowest BCUT2D eigenvalue weighted by Gasteiger charge is -2.32. The molecule has 1 aliphatic heterocycles. The summed E-state index contributed by atoms with van der Waals surface area (Å²) in [5.41, 5.74) is 3.32. The maximum Gasteiger partial charge on any atom is 0.226 e. The van der Waals surface area contributed by atoms with Gasteiger partial charge in [0, 0.05) is 30.8 Å². The molecule has 0 spiro atoms. The standard InChI is InChI=1S/C21H23N3O2/c1-13-6-7-17-18(10-13)23-20(22-17)14-4-2-8-24(12-14)21(25)16-11-15(16)19-5-3-9-26-19/h3,5-7,9-10,14-16H,2,4,8,11-12H2,1H3,(H,22,23)/t14-,15-,16+/m1/s1. The van der Waals surface area contributed by atoms with Gasteiger partial charge in [-0.1, -0.05) is 6.07 Å². The Kier molecular flexibility index (Phi) is 3.62. The molecule has 2 aliphatic rings. The molecule has 2 aromatic heterocycles. The van der Waals surface area contributed by atoms with Crippen LogP contribution in [0, 0.1) is 12.8 Å². The monoisotopic (exact) mass is 349 g/mol. The third kappa shape index (κ3) is 2.71. The van der Waals surface area contributed by atoms with Crippen LogP contribution in [-0.4, -0.2) is 33.9 Å². The minimum atomic E-state index is 0.0956. The molecule has 2 fully saturated rings. The van der Waals surface area contributed by atoms with E-state index in [9.17, 15) is 4.79 Å². The van der Waals surface area contributed by atoms with E-state index in [0.29, 0.717) is 5.92 Å². The summed E-state index contributed by atoms with van der Waals surface area (Å²) in [7, 11) is 0. The molecule has 5 rings (SSSR count). The molecule has 26 heavy (non-hydrogen) atoms. The van der Waals surface area contributed by atoms with Gasteiger partial charge in [-0.3, -0.25) is 4.79 Å². The van der Waals surface area contributed by atoms with Crippen molar-refractivity contribution in [2.75, 3.05) is 13.1 Å². The zero-order valence-corrected chi connectivity index (χ0v) is 14.9. The van der Waals surface area contributed by atoms with Crippen LogP contribution in [0.3, 0.4) is 0 Å². The summed E-state index contributed by atoms with van der Waals surface area (Å²) in [6.45, 7) is 3.71. The molecule has 1 amide bonds. The number of piperidine rings is 1. The van der Waals surface area contributed by atoms with Crippen molar-refractivity contribution in [3.8, 4) is 0 Å². The van der Waals surface area contributed by atoms with Gasteiger partial charge in [-0.25, -0.2) is 4.98 Å². The fraction of sp³-hybridized carbons (Fsp3) is 0.429. The van der Waals surface area contributed by atoms with Crippen molar-refractivity contribution >= 4 is 16.9 Å². The number of rotatable bonds is 3. The average Bonchev–Trinajstić information content (AvgIpc) is 3.07. The molecule has 1 saturated carbocycles. The summed E-state index contributed by atoms with van der Waals surface area (Å²) in [5.74, 6) is 2.90. The van der Waals surface area contributed by atoms with Crippen molar-refractivity contribution in [3.05, 3.63) is 53.7 Å². The molecular weight excluding hydrogens is 326 g/mol. The number of aryl methyl sites for hydroxylation is 1. The number of carbonyl (C=O) groups excluding carboxylic acids is 1. The highest BCUT2D eigenvalue weighted by molar-refractivity contribution is 5.83. The molecule has 5 heteroatoms. The van der Waals surface area contributed by atoms with Gasteiger partial charge in [0.25, 0.3) is 0 Å². The van der Waals surface area contributed by atoms with Crippen LogP contribution in [0.2, 0.25) is 0 Å². The first kappa shape index (κ1) is 15.7. The number of aromatic nitrogens is 2. The van der Waals surface area contributed by atoms with E-state index in [4.69, 9.17) is 9.40 Å². The van der Waals surface area contributed by atoms with E-state index in [1.54, 1.807) is 6.26 Å². The number of likely N-dealkylation sites (tertiary alicyclic amines) is 1. The van der Waals surface area contributed by atoms with Crippen LogP contribution in [0.5, 0.6) is 0 Å². The number of amides is 1. The van der Waals surface area contributed by atoms with Crippen LogP contribution in [0.4, 0.5) is 0 Å². The van der Waals surface area contributed by atoms with E-state index in [0.717, 1.165) is 55.0 Å². The first-order valence-electron chi connectivity index (χ1n) is 9.47. The first-order chi connectivity index (χ1) is 12.7. The second-order valence-corrected chi connectivity index (χ2v) is 7.73. The summed E-state index contributed by atoms with van der Waals surface area (Å²) >= 11 is 0. The highest BCUT2D eigenvalue weighted by Gasteiger charge is 2.48. The molecular formula is C21H23N3O2. The number of nitrogens with zero attached hydrogens (tertiary/aromatic N) is 2. The Hall–Kier alpha value is -2.56. The zero-order chi connectivity index (χ0) is 17.7. The van der Waals surface area contributed by atoms with Crippen LogP contribution in [0.1, 0.15) is 48.2 Å². The molecule has 1 saturated heterocycles. The van der Waals surface area contributed by atoms with Crippen molar-refractivity contribution in [1.29, 1.82) is 0 Å². The van der Waals surface area contributed by atoms with Crippen molar-refractivity contribution in [1.82, 2.24) is 14.9 Å². The van der Waals surface area contributed by atoms with Crippen LogP contribution < -0.4 is 0 Å². The van der Waals surface area contributed by atoms with Crippen molar-refractivity contribution in [3.63, 3.8) is 0 Å². The van der Waals surface area contributed by atoms with E-state index < -0.39 is 0 Å². The van der Waals surface area contributed by atoms with Gasteiger partial charge in [0.2, 0.25) is 5.91 Å². The number of aromatic amines is 1. The van der Waals surface area contributed by atoms with Gasteiger partial charge in [0.1, 0.15) is 11.6 Å². The van der Waals surface area contributed by atoms with Crippen molar-refractivity contribution < 1.29 is 9.21 Å². The number of H-pyrrole nitrogens is 1. The third-order valence-electron chi connectivity index (χ3n) is 5.79. The second-order valence-electron chi connectivity index (χ2n) is 7.73. The molecule has 3 heterocycles. The zero-order valence-electron chi connectivity index (χ0n) is 14.9. The summed E-state index contributed by atoms with van der Waals surface area (Å²) < 4.78 is 5.47. The Morgan fingerprint density at radius 2 is 2.27 bits per heavy atom. The predicted octanol–water partition coefficient (Wildman–Crippen LogP) is 3.97. The van der Waals surface area contributed by atoms with Crippen LogP contribution >= 0.6 is 0 Å². The molecule has 134 valence electrons. The van der Waals surface area contributed by atoms with E-state index in [1.165, 1.54) is 5.56 Å². The number of nitrogens with one attached hydrogen (secondary N) is 1. The lowest BCUT2D eigenvalue weighted by molar-refractivity contribution is -0.134. The molecule has 0 unspecified atom stereocenters. The fourth-order valence-electron chi connectivity index (χ4n) is 4.26. The molecule has 0 radical (unpaired) electrons. The fourth-order valence-corrected chi connectivity index (χ4v) is 4.26. The Labute approximate surface area is 152 Å². The average molecular weight is 349 g/mol. The quantitative estimate of drug-likeness (QED) is 0.778. The Morgan fingerprint density at radius 3 is 3.12 bits per heavy atom. The van der Waals surface area contributed by atoms with Gasteiger partial charge in [-0.15, -0.1) is 0 Å². The second kappa shape index (κ2) is 6.01. The maximum atomic E-state index is 12.9. The molecule has 3 aromatic rings. The van der Waals surface area contributed by atoms with Crippen molar-refractivity contribution in [2.24, 2.45) is 5.92 Å². The van der Waals surface area contributed by atoms with E-state index in [-0.39, 0.29) is 17.7 Å². The lowest BCUT2D eigenvalue weighted by Crippen LogP contribution is -2.40. The Bertz CT molecular complexity index is 943. The summed E-state index contributed by atoms with van der Waals surface area (Å²) in [4.78, 5) is 23.2. The number of imidazole rings is 1. The smallest absolute Gasteiger partial charge is 0.226 e. The molecule has 1 aliphatic carbocycles. The first-order valence-corrected chi connectivity index (χ1v) is 9.47. The minimum Gasteiger partial charge on any atom is -0.469 e. The number of benzene rings is 1. The van der Waals surface area contributed by atoms with Crippen LogP contribution in [0.25, 0.3) is 11.0 Å². The topological polar surface area (TPSA) is 62.1 Å². The van der Waals surface area contributed by atoms with E-state index >= 15 is 0 Å². The number of hydrogen-bond acceptors (Lipinski definition) is 3. The van der Waals surface area contributed by atoms with Gasteiger partial charge in [0.15, 0.2) is 0 Å². The van der Waals surface area contributed by atoms with Gasteiger partial charge >= 0.3 is 0 Å². The largest absolute Gasteiger partial charge is 0.469 e. The maximum absolute atomic E-state index is 12.9. The van der Waals surface area contributed by atoms with Gasteiger partial charge in [-0.05, 0) is 56.0 Å². The number of furan rings is 1. The van der Waals surface area contributed by atoms with Crippen LogP contribution in [-0.2, 0) is 4.79 Å². The number of hydrogen-bond donors (Lipinski definition) is 1. The van der Waals surface area contributed by atoms with E-state index in [2.05, 4.69) is 30.1 Å². The third-order valence-corrected chi connectivity index (χ3v) is 5.79. The molecule has 1 N–H and O–H groups in total. The molecule has 3 atom stereocenters. The summed E-state index contributed by atoms with van der Waals surface area (Å²) in [5, 5.41) is 0. The van der Waals surface area contributed by atoms with Gasteiger partial charge < -0.3 is 14.3 Å². The Balaban J connectivity index is 1.31. The van der Waals surface area contributed by atoms with Crippen LogP contribution in [0.15, 0.2) is 41.0 Å². The normalized spacial score (nSPS) is 25.6. The highest BCUT2D eigenvalue weighted by Crippen LogP contribution is 2.49. The predicted molar refractivity (Wildman–Crippen MR) is 98.9 cm³/mol. The molecule has 1 aromatic carbocycles.